The SMILES string of the molecule is CC(C)CCNC(=O)c1nnn(-c2ccccc2)c1-c1cccnc1. The highest BCUT2D eigenvalue weighted by Crippen LogP contribution is 2.24. The second-order valence-electron chi connectivity index (χ2n) is 6.21. The minimum Gasteiger partial charge on any atom is -0.351 e. The molecule has 1 N–H and O–H groups in total. The Bertz CT molecular complexity index is 828. The van der Waals surface area contributed by atoms with E-state index < -0.39 is 0 Å². The van der Waals surface area contributed by atoms with Gasteiger partial charge >= 0.3 is 0 Å². The van der Waals surface area contributed by atoms with Gasteiger partial charge in [0.1, 0.15) is 5.69 Å². The molecule has 1 aromatic carbocycles. The Morgan fingerprint density at radius 1 is 1.16 bits per heavy atom. The summed E-state index contributed by atoms with van der Waals surface area (Å²) in [5.41, 5.74) is 2.59. The average Bonchev–Trinajstić information content (AvgIpc) is 3.08. The number of nitrogens with zero attached hydrogens (tertiary/aromatic N) is 4. The topological polar surface area (TPSA) is 72.7 Å². The first-order chi connectivity index (χ1) is 12.2. The number of pyridine rings is 1. The van der Waals surface area contributed by atoms with Gasteiger partial charge in [-0.05, 0) is 36.6 Å². The van der Waals surface area contributed by atoms with Gasteiger partial charge in [-0.25, -0.2) is 4.68 Å². The Morgan fingerprint density at radius 3 is 2.64 bits per heavy atom. The second kappa shape index (κ2) is 7.70. The highest BCUT2D eigenvalue weighted by Gasteiger charge is 2.22. The fourth-order valence-corrected chi connectivity index (χ4v) is 2.50. The van der Waals surface area contributed by atoms with E-state index in [-0.39, 0.29) is 5.91 Å². The van der Waals surface area contributed by atoms with Crippen LogP contribution in [0.2, 0.25) is 0 Å². The van der Waals surface area contributed by atoms with E-state index in [1.54, 1.807) is 17.1 Å². The fourth-order valence-electron chi connectivity index (χ4n) is 2.50. The molecule has 2 heterocycles. The summed E-state index contributed by atoms with van der Waals surface area (Å²) in [5.74, 6) is 0.305. The zero-order valence-electron chi connectivity index (χ0n) is 14.4. The summed E-state index contributed by atoms with van der Waals surface area (Å²) in [6.07, 6.45) is 4.33. The monoisotopic (exact) mass is 335 g/mol. The summed E-state index contributed by atoms with van der Waals surface area (Å²) in [6.45, 7) is 4.86. The molecule has 3 aromatic rings. The number of benzene rings is 1. The van der Waals surface area contributed by atoms with Crippen LogP contribution in [-0.2, 0) is 0 Å². The van der Waals surface area contributed by atoms with E-state index in [0.717, 1.165) is 17.7 Å². The van der Waals surface area contributed by atoms with E-state index in [1.807, 2.05) is 42.5 Å². The Labute approximate surface area is 146 Å². The van der Waals surface area contributed by atoms with E-state index in [0.29, 0.717) is 23.9 Å². The molecule has 0 aliphatic carbocycles. The van der Waals surface area contributed by atoms with Crippen molar-refractivity contribution in [2.24, 2.45) is 5.92 Å². The van der Waals surface area contributed by atoms with Crippen LogP contribution in [0.25, 0.3) is 16.9 Å². The summed E-state index contributed by atoms with van der Waals surface area (Å²) in [7, 11) is 0. The molecule has 2 aromatic heterocycles. The molecule has 6 nitrogen and oxygen atoms in total. The second-order valence-corrected chi connectivity index (χ2v) is 6.21. The maximum absolute atomic E-state index is 12.6. The Balaban J connectivity index is 1.99. The lowest BCUT2D eigenvalue weighted by atomic mass is 10.1. The number of para-hydroxylation sites is 1. The summed E-state index contributed by atoms with van der Waals surface area (Å²) in [5, 5.41) is 11.3. The molecule has 0 saturated carbocycles. The van der Waals surface area contributed by atoms with Crippen LogP contribution in [0.5, 0.6) is 0 Å². The highest BCUT2D eigenvalue weighted by molar-refractivity contribution is 5.98. The molecule has 3 rings (SSSR count). The number of aromatic nitrogens is 4. The summed E-state index contributed by atoms with van der Waals surface area (Å²) in [4.78, 5) is 16.8. The molecule has 0 aliphatic heterocycles. The Kier molecular flexibility index (Phi) is 5.18. The van der Waals surface area contributed by atoms with Gasteiger partial charge in [-0.2, -0.15) is 0 Å². The number of rotatable bonds is 6. The molecule has 0 spiro atoms. The van der Waals surface area contributed by atoms with Crippen molar-refractivity contribution in [3.63, 3.8) is 0 Å². The van der Waals surface area contributed by atoms with Gasteiger partial charge in [-0.3, -0.25) is 9.78 Å². The predicted octanol–water partition coefficient (Wildman–Crippen LogP) is 3.11. The van der Waals surface area contributed by atoms with E-state index >= 15 is 0 Å². The summed E-state index contributed by atoms with van der Waals surface area (Å²) < 4.78 is 1.67. The van der Waals surface area contributed by atoms with Crippen molar-refractivity contribution >= 4 is 5.91 Å². The quantitative estimate of drug-likeness (QED) is 0.751. The molecule has 0 bridgehead atoms. The number of carbonyl (C=O) groups excluding carboxylic acids is 1. The maximum Gasteiger partial charge on any atom is 0.274 e. The summed E-state index contributed by atoms with van der Waals surface area (Å²) >= 11 is 0. The fraction of sp³-hybridized carbons (Fsp3) is 0.263. The third-order valence-electron chi connectivity index (χ3n) is 3.83. The van der Waals surface area contributed by atoms with Crippen LogP contribution in [0.4, 0.5) is 0 Å². The number of amides is 1. The molecule has 0 fully saturated rings. The van der Waals surface area contributed by atoms with Crippen LogP contribution in [0.15, 0.2) is 54.9 Å². The van der Waals surface area contributed by atoms with E-state index in [1.165, 1.54) is 0 Å². The molecule has 0 unspecified atom stereocenters. The zero-order valence-corrected chi connectivity index (χ0v) is 14.4. The van der Waals surface area contributed by atoms with Gasteiger partial charge in [-0.15, -0.1) is 5.10 Å². The van der Waals surface area contributed by atoms with Crippen LogP contribution in [0, 0.1) is 5.92 Å². The average molecular weight is 335 g/mol. The molecule has 0 radical (unpaired) electrons. The molecular weight excluding hydrogens is 314 g/mol. The van der Waals surface area contributed by atoms with Crippen molar-refractivity contribution in [2.45, 2.75) is 20.3 Å². The van der Waals surface area contributed by atoms with Crippen molar-refractivity contribution in [2.75, 3.05) is 6.54 Å². The third kappa shape index (κ3) is 3.91. The van der Waals surface area contributed by atoms with Gasteiger partial charge in [0, 0.05) is 24.5 Å². The van der Waals surface area contributed by atoms with Gasteiger partial charge in [0.15, 0.2) is 5.69 Å². The van der Waals surface area contributed by atoms with Crippen LogP contribution >= 0.6 is 0 Å². The lowest BCUT2D eigenvalue weighted by Crippen LogP contribution is -2.26. The smallest absolute Gasteiger partial charge is 0.274 e. The van der Waals surface area contributed by atoms with Gasteiger partial charge in [0.2, 0.25) is 0 Å². The standard InChI is InChI=1S/C19H21N5O/c1-14(2)10-12-21-19(25)17-18(15-7-6-11-20-13-15)24(23-22-17)16-8-4-3-5-9-16/h3-9,11,13-14H,10,12H2,1-2H3,(H,21,25). The minimum absolute atomic E-state index is 0.221. The molecular formula is C19H21N5O. The number of nitrogens with one attached hydrogen (secondary N) is 1. The van der Waals surface area contributed by atoms with Crippen molar-refractivity contribution < 1.29 is 4.79 Å². The first-order valence-electron chi connectivity index (χ1n) is 8.36. The third-order valence-corrected chi connectivity index (χ3v) is 3.83. The highest BCUT2D eigenvalue weighted by atomic mass is 16.2. The number of hydrogen-bond donors (Lipinski definition) is 1. The molecule has 0 saturated heterocycles. The molecule has 6 heteroatoms. The van der Waals surface area contributed by atoms with Crippen LogP contribution < -0.4 is 5.32 Å². The molecule has 0 atom stereocenters. The number of hydrogen-bond acceptors (Lipinski definition) is 4. The van der Waals surface area contributed by atoms with Crippen LogP contribution in [-0.4, -0.2) is 32.4 Å². The van der Waals surface area contributed by atoms with Crippen molar-refractivity contribution in [1.29, 1.82) is 0 Å². The summed E-state index contributed by atoms with van der Waals surface area (Å²) in [6, 6.07) is 13.4. The first-order valence-corrected chi connectivity index (χ1v) is 8.36. The Hall–Kier alpha value is -3.02. The normalized spacial score (nSPS) is 10.8. The van der Waals surface area contributed by atoms with Crippen molar-refractivity contribution in [3.05, 3.63) is 60.6 Å². The van der Waals surface area contributed by atoms with E-state index in [2.05, 4.69) is 34.5 Å². The lowest BCUT2D eigenvalue weighted by molar-refractivity contribution is 0.0947. The molecule has 1 amide bonds. The number of carbonyl (C=O) groups is 1. The van der Waals surface area contributed by atoms with Crippen molar-refractivity contribution in [3.8, 4) is 16.9 Å². The molecule has 0 aliphatic rings. The van der Waals surface area contributed by atoms with E-state index in [9.17, 15) is 4.79 Å². The van der Waals surface area contributed by atoms with Crippen LogP contribution in [0.1, 0.15) is 30.8 Å². The largest absolute Gasteiger partial charge is 0.351 e. The lowest BCUT2D eigenvalue weighted by Gasteiger charge is -2.09. The van der Waals surface area contributed by atoms with Crippen LogP contribution in [0.3, 0.4) is 0 Å². The zero-order chi connectivity index (χ0) is 17.6. The predicted molar refractivity (Wildman–Crippen MR) is 96.4 cm³/mol. The molecule has 25 heavy (non-hydrogen) atoms. The molecule has 128 valence electrons. The Morgan fingerprint density at radius 2 is 1.96 bits per heavy atom. The van der Waals surface area contributed by atoms with Gasteiger partial charge in [0.25, 0.3) is 5.91 Å². The van der Waals surface area contributed by atoms with Crippen molar-refractivity contribution in [1.82, 2.24) is 25.3 Å². The minimum atomic E-state index is -0.221. The van der Waals surface area contributed by atoms with E-state index in [4.69, 9.17) is 0 Å². The van der Waals surface area contributed by atoms with Gasteiger partial charge in [0.05, 0.1) is 5.69 Å². The maximum atomic E-state index is 12.6. The van der Waals surface area contributed by atoms with Gasteiger partial charge < -0.3 is 5.32 Å². The van der Waals surface area contributed by atoms with Gasteiger partial charge in [-0.1, -0.05) is 37.3 Å². The first kappa shape index (κ1) is 16.8.